The van der Waals surface area contributed by atoms with Crippen LogP contribution in [0.5, 0.6) is 11.5 Å². The summed E-state index contributed by atoms with van der Waals surface area (Å²) in [5.41, 5.74) is 2.91. The molecular weight excluding hydrogens is 396 g/mol. The fourth-order valence-electron chi connectivity index (χ4n) is 3.05. The van der Waals surface area contributed by atoms with Crippen LogP contribution in [-0.2, 0) is 4.79 Å². The molecule has 2 aromatic carbocycles. The van der Waals surface area contributed by atoms with Crippen LogP contribution in [0.4, 0.5) is 5.69 Å². The standard InChI is InChI=1S/C24H28N2O3S/c1-6-29-21-13-18(9-12-20(21)28-5)14-22-23(27)26(15-16(2)3)24(30-22)25-19-10-7-17(4)8-11-19/h7-14,16H,6,15H2,1-5H3/b22-14+,25-24?. The Balaban J connectivity index is 1.94. The van der Waals surface area contributed by atoms with Crippen LogP contribution in [0.25, 0.3) is 6.08 Å². The number of hydrogen-bond donors (Lipinski definition) is 0. The molecule has 3 rings (SSSR count). The third kappa shape index (κ3) is 5.25. The number of rotatable bonds is 7. The monoisotopic (exact) mass is 424 g/mol. The zero-order valence-corrected chi connectivity index (χ0v) is 19.0. The number of benzene rings is 2. The van der Waals surface area contributed by atoms with E-state index in [4.69, 9.17) is 14.5 Å². The second kappa shape index (κ2) is 9.85. The Labute approximate surface area is 182 Å². The lowest BCUT2D eigenvalue weighted by atomic mass is 10.1. The minimum atomic E-state index is -0.0201. The van der Waals surface area contributed by atoms with Gasteiger partial charge in [-0.05, 0) is 67.4 Å². The second-order valence-corrected chi connectivity index (χ2v) is 8.50. The predicted octanol–water partition coefficient (Wildman–Crippen LogP) is 5.66. The molecule has 0 atom stereocenters. The summed E-state index contributed by atoms with van der Waals surface area (Å²) in [6, 6.07) is 13.7. The van der Waals surface area contributed by atoms with Gasteiger partial charge in [0.2, 0.25) is 0 Å². The molecule has 5 nitrogen and oxygen atoms in total. The number of carbonyl (C=O) groups excluding carboxylic acids is 1. The molecule has 1 saturated heterocycles. The number of amides is 1. The maximum atomic E-state index is 13.1. The molecule has 2 aromatic rings. The molecule has 1 amide bonds. The average molecular weight is 425 g/mol. The van der Waals surface area contributed by atoms with E-state index in [1.54, 1.807) is 12.0 Å². The van der Waals surface area contributed by atoms with Gasteiger partial charge in [0.05, 0.1) is 24.3 Å². The summed E-state index contributed by atoms with van der Waals surface area (Å²) < 4.78 is 11.0. The Morgan fingerprint density at radius 3 is 2.50 bits per heavy atom. The molecule has 0 saturated carbocycles. The lowest BCUT2D eigenvalue weighted by Crippen LogP contribution is -2.32. The summed E-state index contributed by atoms with van der Waals surface area (Å²) in [5, 5.41) is 0.711. The molecule has 1 fully saturated rings. The van der Waals surface area contributed by atoms with Crippen LogP contribution in [-0.4, -0.2) is 36.2 Å². The van der Waals surface area contributed by atoms with Crippen molar-refractivity contribution in [1.29, 1.82) is 0 Å². The molecule has 0 aromatic heterocycles. The molecule has 0 spiro atoms. The van der Waals surface area contributed by atoms with Crippen molar-refractivity contribution in [2.45, 2.75) is 27.7 Å². The van der Waals surface area contributed by atoms with Crippen molar-refractivity contribution >= 4 is 34.6 Å². The normalized spacial score (nSPS) is 16.7. The van der Waals surface area contributed by atoms with Crippen molar-refractivity contribution in [1.82, 2.24) is 4.90 Å². The summed E-state index contributed by atoms with van der Waals surface area (Å²) in [7, 11) is 1.62. The predicted molar refractivity (Wildman–Crippen MR) is 125 cm³/mol. The molecule has 0 radical (unpaired) electrons. The van der Waals surface area contributed by atoms with E-state index in [1.165, 1.54) is 17.3 Å². The zero-order chi connectivity index (χ0) is 21.7. The van der Waals surface area contributed by atoms with Crippen LogP contribution in [0, 0.1) is 12.8 Å². The molecule has 30 heavy (non-hydrogen) atoms. The highest BCUT2D eigenvalue weighted by Crippen LogP contribution is 2.36. The van der Waals surface area contributed by atoms with E-state index in [2.05, 4.69) is 13.8 Å². The number of methoxy groups -OCH3 is 1. The molecule has 0 bridgehead atoms. The van der Waals surface area contributed by atoms with E-state index in [0.717, 1.165) is 11.3 Å². The molecule has 1 heterocycles. The fourth-order valence-corrected chi connectivity index (χ4v) is 4.06. The lowest BCUT2D eigenvalue weighted by molar-refractivity contribution is -0.122. The van der Waals surface area contributed by atoms with E-state index in [0.29, 0.717) is 40.6 Å². The number of ether oxygens (including phenoxy) is 2. The number of carbonyl (C=O) groups is 1. The SMILES string of the molecule is CCOc1cc(/C=C2/SC(=Nc3ccc(C)cc3)N(CC(C)C)C2=O)ccc1OC. The zero-order valence-electron chi connectivity index (χ0n) is 18.1. The quantitative estimate of drug-likeness (QED) is 0.538. The van der Waals surface area contributed by atoms with Crippen LogP contribution < -0.4 is 9.47 Å². The summed E-state index contributed by atoms with van der Waals surface area (Å²) >= 11 is 1.41. The Kier molecular flexibility index (Phi) is 7.21. The summed E-state index contributed by atoms with van der Waals surface area (Å²) in [6.45, 7) is 9.34. The van der Waals surface area contributed by atoms with Crippen molar-refractivity contribution < 1.29 is 14.3 Å². The number of nitrogens with zero attached hydrogens (tertiary/aromatic N) is 2. The lowest BCUT2D eigenvalue weighted by Gasteiger charge is -2.17. The topological polar surface area (TPSA) is 51.1 Å². The van der Waals surface area contributed by atoms with Crippen LogP contribution in [0.1, 0.15) is 31.9 Å². The van der Waals surface area contributed by atoms with E-state index < -0.39 is 0 Å². The molecule has 0 N–H and O–H groups in total. The highest BCUT2D eigenvalue weighted by atomic mass is 32.2. The maximum absolute atomic E-state index is 13.1. The average Bonchev–Trinajstić information content (AvgIpc) is 2.98. The van der Waals surface area contributed by atoms with Crippen molar-refractivity contribution in [2.24, 2.45) is 10.9 Å². The third-order valence-electron chi connectivity index (χ3n) is 4.48. The van der Waals surface area contributed by atoms with Crippen LogP contribution >= 0.6 is 11.8 Å². The minimum absolute atomic E-state index is 0.0201. The maximum Gasteiger partial charge on any atom is 0.266 e. The Morgan fingerprint density at radius 2 is 1.87 bits per heavy atom. The van der Waals surface area contributed by atoms with Crippen LogP contribution in [0.2, 0.25) is 0 Å². The van der Waals surface area contributed by atoms with Gasteiger partial charge < -0.3 is 9.47 Å². The molecule has 6 heteroatoms. The first-order valence-electron chi connectivity index (χ1n) is 10.1. The van der Waals surface area contributed by atoms with Crippen molar-refractivity contribution in [2.75, 3.05) is 20.3 Å². The third-order valence-corrected chi connectivity index (χ3v) is 5.49. The Morgan fingerprint density at radius 1 is 1.13 bits per heavy atom. The van der Waals surface area contributed by atoms with Gasteiger partial charge in [0.25, 0.3) is 5.91 Å². The van der Waals surface area contributed by atoms with Gasteiger partial charge in [0.1, 0.15) is 0 Å². The number of aliphatic imine (C=N–C) groups is 1. The van der Waals surface area contributed by atoms with Gasteiger partial charge in [0, 0.05) is 6.54 Å². The highest BCUT2D eigenvalue weighted by Gasteiger charge is 2.33. The molecule has 0 unspecified atom stereocenters. The van der Waals surface area contributed by atoms with E-state index >= 15 is 0 Å². The summed E-state index contributed by atoms with van der Waals surface area (Å²) in [6.07, 6.45) is 1.89. The number of amidine groups is 1. The summed E-state index contributed by atoms with van der Waals surface area (Å²) in [4.78, 5) is 20.3. The number of hydrogen-bond acceptors (Lipinski definition) is 5. The first-order valence-corrected chi connectivity index (χ1v) is 10.9. The largest absolute Gasteiger partial charge is 0.493 e. The molecule has 0 aliphatic carbocycles. The number of thioether (sulfide) groups is 1. The smallest absolute Gasteiger partial charge is 0.266 e. The van der Waals surface area contributed by atoms with Gasteiger partial charge in [-0.3, -0.25) is 9.69 Å². The minimum Gasteiger partial charge on any atom is -0.493 e. The van der Waals surface area contributed by atoms with Gasteiger partial charge in [-0.15, -0.1) is 0 Å². The van der Waals surface area contributed by atoms with Crippen LogP contribution in [0.15, 0.2) is 52.4 Å². The van der Waals surface area contributed by atoms with E-state index in [9.17, 15) is 4.79 Å². The molecule has 1 aliphatic rings. The van der Waals surface area contributed by atoms with Crippen molar-refractivity contribution in [3.63, 3.8) is 0 Å². The van der Waals surface area contributed by atoms with Crippen LogP contribution in [0.3, 0.4) is 0 Å². The fraction of sp³-hybridized carbons (Fsp3) is 0.333. The van der Waals surface area contributed by atoms with Gasteiger partial charge in [0.15, 0.2) is 16.7 Å². The van der Waals surface area contributed by atoms with Crippen molar-refractivity contribution in [3.05, 3.63) is 58.5 Å². The van der Waals surface area contributed by atoms with E-state index in [-0.39, 0.29) is 5.91 Å². The Bertz CT molecular complexity index is 965. The second-order valence-electron chi connectivity index (χ2n) is 7.49. The first-order chi connectivity index (χ1) is 14.4. The highest BCUT2D eigenvalue weighted by molar-refractivity contribution is 8.18. The Hall–Kier alpha value is -2.73. The van der Waals surface area contributed by atoms with Crippen molar-refractivity contribution in [3.8, 4) is 11.5 Å². The molecular formula is C24H28N2O3S. The van der Waals surface area contributed by atoms with Gasteiger partial charge in [-0.1, -0.05) is 37.6 Å². The van der Waals surface area contributed by atoms with Gasteiger partial charge in [-0.2, -0.15) is 0 Å². The number of aryl methyl sites for hydroxylation is 1. The molecule has 1 aliphatic heterocycles. The van der Waals surface area contributed by atoms with Gasteiger partial charge in [-0.25, -0.2) is 4.99 Å². The van der Waals surface area contributed by atoms with E-state index in [1.807, 2.05) is 62.4 Å². The van der Waals surface area contributed by atoms with Gasteiger partial charge >= 0.3 is 0 Å². The molecule has 158 valence electrons. The first kappa shape index (κ1) is 22.0. The summed E-state index contributed by atoms with van der Waals surface area (Å²) in [5.74, 6) is 1.65.